The van der Waals surface area contributed by atoms with Gasteiger partial charge in [0.2, 0.25) is 0 Å². The quantitative estimate of drug-likeness (QED) is 0.717. The highest BCUT2D eigenvalue weighted by Gasteiger charge is 2.12. The SMILES string of the molecule is COc1cc(O)c(-c2cn[nH]c2N)cc1C. The summed E-state index contributed by atoms with van der Waals surface area (Å²) in [6, 6.07) is 3.38. The standard InChI is InChI=1S/C11H13N3O2/c1-6-3-7(8-5-13-14-11(8)12)9(15)4-10(6)16-2/h3-5,15H,1-2H3,(H3,12,13,14). The molecule has 0 unspecified atom stereocenters. The molecule has 0 saturated carbocycles. The van der Waals surface area contributed by atoms with E-state index in [1.165, 1.54) is 0 Å². The lowest BCUT2D eigenvalue weighted by molar-refractivity contribution is 0.405. The Balaban J connectivity index is 2.59. The van der Waals surface area contributed by atoms with E-state index in [2.05, 4.69) is 10.2 Å². The molecule has 0 radical (unpaired) electrons. The topological polar surface area (TPSA) is 84.2 Å². The fourth-order valence-corrected chi connectivity index (χ4v) is 1.62. The zero-order chi connectivity index (χ0) is 11.7. The summed E-state index contributed by atoms with van der Waals surface area (Å²) in [7, 11) is 1.56. The lowest BCUT2D eigenvalue weighted by Gasteiger charge is -2.09. The third-order valence-corrected chi connectivity index (χ3v) is 2.47. The Kier molecular flexibility index (Phi) is 2.44. The second kappa shape index (κ2) is 3.77. The van der Waals surface area contributed by atoms with Crippen LogP contribution in [0.2, 0.25) is 0 Å². The number of nitrogen functional groups attached to an aromatic ring is 1. The number of aromatic hydroxyl groups is 1. The second-order valence-corrected chi connectivity index (χ2v) is 3.54. The molecule has 0 bridgehead atoms. The van der Waals surface area contributed by atoms with E-state index in [-0.39, 0.29) is 5.75 Å². The largest absolute Gasteiger partial charge is 0.507 e. The van der Waals surface area contributed by atoms with E-state index in [0.717, 1.165) is 5.56 Å². The Bertz CT molecular complexity index is 520. The summed E-state index contributed by atoms with van der Waals surface area (Å²) >= 11 is 0. The number of aromatic amines is 1. The predicted molar refractivity (Wildman–Crippen MR) is 61.4 cm³/mol. The van der Waals surface area contributed by atoms with Gasteiger partial charge in [-0.15, -0.1) is 0 Å². The van der Waals surface area contributed by atoms with Crippen LogP contribution >= 0.6 is 0 Å². The number of benzene rings is 1. The lowest BCUT2D eigenvalue weighted by Crippen LogP contribution is -1.91. The van der Waals surface area contributed by atoms with Crippen LogP contribution in [0.25, 0.3) is 11.1 Å². The number of H-pyrrole nitrogens is 1. The Labute approximate surface area is 92.9 Å². The van der Waals surface area contributed by atoms with Gasteiger partial charge in [-0.05, 0) is 18.6 Å². The number of phenols is 1. The minimum atomic E-state index is 0.121. The first-order valence-corrected chi connectivity index (χ1v) is 4.80. The molecule has 84 valence electrons. The molecule has 16 heavy (non-hydrogen) atoms. The van der Waals surface area contributed by atoms with Crippen molar-refractivity contribution in [1.29, 1.82) is 0 Å². The number of nitrogens with two attached hydrogens (primary N) is 1. The molecule has 0 aliphatic carbocycles. The van der Waals surface area contributed by atoms with Crippen LogP contribution in [0.4, 0.5) is 5.82 Å². The highest BCUT2D eigenvalue weighted by Crippen LogP contribution is 2.36. The molecule has 5 heteroatoms. The summed E-state index contributed by atoms with van der Waals surface area (Å²) in [5.74, 6) is 1.19. The van der Waals surface area contributed by atoms with E-state index >= 15 is 0 Å². The van der Waals surface area contributed by atoms with Gasteiger partial charge < -0.3 is 15.6 Å². The molecule has 2 aromatic rings. The van der Waals surface area contributed by atoms with Crippen molar-refractivity contribution in [3.05, 3.63) is 23.9 Å². The summed E-state index contributed by atoms with van der Waals surface area (Å²) in [6.07, 6.45) is 1.58. The van der Waals surface area contributed by atoms with Gasteiger partial charge in [0.05, 0.1) is 13.3 Å². The third kappa shape index (κ3) is 1.56. The lowest BCUT2D eigenvalue weighted by atomic mass is 10.0. The van der Waals surface area contributed by atoms with Crippen molar-refractivity contribution in [2.45, 2.75) is 6.92 Å². The van der Waals surface area contributed by atoms with E-state index in [0.29, 0.717) is 22.7 Å². The summed E-state index contributed by atoms with van der Waals surface area (Å²) in [6.45, 7) is 1.90. The maximum absolute atomic E-state index is 9.87. The molecule has 0 fully saturated rings. The van der Waals surface area contributed by atoms with Gasteiger partial charge in [0.15, 0.2) is 0 Å². The number of nitrogens with one attached hydrogen (secondary N) is 1. The van der Waals surface area contributed by atoms with Crippen LogP contribution < -0.4 is 10.5 Å². The van der Waals surface area contributed by atoms with E-state index in [4.69, 9.17) is 10.5 Å². The molecule has 1 aromatic carbocycles. The normalized spacial score (nSPS) is 10.4. The molecular weight excluding hydrogens is 206 g/mol. The van der Waals surface area contributed by atoms with Crippen LogP contribution in [0.15, 0.2) is 18.3 Å². The zero-order valence-corrected chi connectivity index (χ0v) is 9.11. The van der Waals surface area contributed by atoms with Crippen LogP contribution in [0.5, 0.6) is 11.5 Å². The number of aryl methyl sites for hydroxylation is 1. The van der Waals surface area contributed by atoms with Gasteiger partial charge in [-0.3, -0.25) is 5.10 Å². The molecule has 1 aromatic heterocycles. The van der Waals surface area contributed by atoms with Crippen molar-refractivity contribution in [2.75, 3.05) is 12.8 Å². The first-order valence-electron chi connectivity index (χ1n) is 4.80. The number of rotatable bonds is 2. The highest BCUT2D eigenvalue weighted by molar-refractivity contribution is 5.79. The monoisotopic (exact) mass is 219 g/mol. The van der Waals surface area contributed by atoms with Gasteiger partial charge >= 0.3 is 0 Å². The van der Waals surface area contributed by atoms with E-state index in [1.54, 1.807) is 19.4 Å². The van der Waals surface area contributed by atoms with Crippen LogP contribution in [-0.2, 0) is 0 Å². The minimum Gasteiger partial charge on any atom is -0.507 e. The van der Waals surface area contributed by atoms with E-state index in [1.807, 2.05) is 13.0 Å². The zero-order valence-electron chi connectivity index (χ0n) is 9.11. The Hall–Kier alpha value is -2.17. The first kappa shape index (κ1) is 10.4. The Morgan fingerprint density at radius 3 is 2.69 bits per heavy atom. The predicted octanol–water partition coefficient (Wildman–Crippen LogP) is 1.68. The molecule has 0 aliphatic rings. The molecular formula is C11H13N3O2. The van der Waals surface area contributed by atoms with Gasteiger partial charge in [-0.25, -0.2) is 0 Å². The van der Waals surface area contributed by atoms with Crippen LogP contribution in [-0.4, -0.2) is 22.4 Å². The van der Waals surface area contributed by atoms with Gasteiger partial charge in [0.25, 0.3) is 0 Å². The van der Waals surface area contributed by atoms with Crippen molar-refractivity contribution in [2.24, 2.45) is 0 Å². The first-order chi connectivity index (χ1) is 7.63. The average molecular weight is 219 g/mol. The Morgan fingerprint density at radius 1 is 1.38 bits per heavy atom. The van der Waals surface area contributed by atoms with Crippen molar-refractivity contribution in [1.82, 2.24) is 10.2 Å². The molecule has 0 saturated heterocycles. The van der Waals surface area contributed by atoms with Gasteiger partial charge in [-0.1, -0.05) is 0 Å². The molecule has 4 N–H and O–H groups in total. The fraction of sp³-hybridized carbons (Fsp3) is 0.182. The maximum Gasteiger partial charge on any atom is 0.127 e. The van der Waals surface area contributed by atoms with E-state index in [9.17, 15) is 5.11 Å². The number of hydrogen-bond acceptors (Lipinski definition) is 4. The van der Waals surface area contributed by atoms with Crippen LogP contribution in [0.1, 0.15) is 5.56 Å². The molecule has 5 nitrogen and oxygen atoms in total. The molecule has 1 heterocycles. The fourth-order valence-electron chi connectivity index (χ4n) is 1.62. The summed E-state index contributed by atoms with van der Waals surface area (Å²) in [4.78, 5) is 0. The smallest absolute Gasteiger partial charge is 0.127 e. The number of hydrogen-bond donors (Lipinski definition) is 3. The molecule has 0 atom stereocenters. The van der Waals surface area contributed by atoms with Gasteiger partial charge in [0.1, 0.15) is 17.3 Å². The number of nitrogens with zero attached hydrogens (tertiary/aromatic N) is 1. The molecule has 0 aliphatic heterocycles. The number of phenolic OH excluding ortho intramolecular Hbond substituents is 1. The maximum atomic E-state index is 9.87. The van der Waals surface area contributed by atoms with Gasteiger partial charge in [0, 0.05) is 17.2 Å². The van der Waals surface area contributed by atoms with Crippen LogP contribution in [0, 0.1) is 6.92 Å². The molecule has 0 spiro atoms. The third-order valence-electron chi connectivity index (χ3n) is 2.47. The summed E-state index contributed by atoms with van der Waals surface area (Å²) < 4.78 is 5.11. The second-order valence-electron chi connectivity index (χ2n) is 3.54. The van der Waals surface area contributed by atoms with Crippen molar-refractivity contribution in [3.8, 4) is 22.6 Å². The summed E-state index contributed by atoms with van der Waals surface area (Å²) in [5.41, 5.74) is 7.96. The Morgan fingerprint density at radius 2 is 2.12 bits per heavy atom. The number of ether oxygens (including phenoxy) is 1. The van der Waals surface area contributed by atoms with Crippen LogP contribution in [0.3, 0.4) is 0 Å². The minimum absolute atomic E-state index is 0.121. The van der Waals surface area contributed by atoms with Crippen molar-refractivity contribution in [3.63, 3.8) is 0 Å². The number of aromatic nitrogens is 2. The molecule has 2 rings (SSSR count). The molecule has 0 amide bonds. The van der Waals surface area contributed by atoms with Gasteiger partial charge in [-0.2, -0.15) is 5.10 Å². The van der Waals surface area contributed by atoms with E-state index < -0.39 is 0 Å². The number of methoxy groups -OCH3 is 1. The summed E-state index contributed by atoms with van der Waals surface area (Å²) in [5, 5.41) is 16.3. The van der Waals surface area contributed by atoms with Crippen molar-refractivity contribution >= 4 is 5.82 Å². The average Bonchev–Trinajstić information content (AvgIpc) is 2.67. The number of anilines is 1. The highest BCUT2D eigenvalue weighted by atomic mass is 16.5. The van der Waals surface area contributed by atoms with Crippen molar-refractivity contribution < 1.29 is 9.84 Å².